The van der Waals surface area contributed by atoms with Gasteiger partial charge in [0, 0.05) is 19.3 Å². The molecule has 156 valence electrons. The molecule has 0 radical (unpaired) electrons. The summed E-state index contributed by atoms with van der Waals surface area (Å²) in [5.41, 5.74) is -0.123. The van der Waals surface area contributed by atoms with Gasteiger partial charge in [-0.05, 0) is 42.6 Å². The maximum absolute atomic E-state index is 13.2. The Morgan fingerprint density at radius 1 is 1.27 bits per heavy atom. The smallest absolute Gasteiger partial charge is 0.335 e. The minimum atomic E-state index is -4.60. The predicted molar refractivity (Wildman–Crippen MR) is 107 cm³/mol. The zero-order valence-electron chi connectivity index (χ0n) is 15.9. The van der Waals surface area contributed by atoms with Crippen LogP contribution in [-0.4, -0.2) is 41.5 Å². The third-order valence-corrected chi connectivity index (χ3v) is 5.61. The number of likely N-dealkylation sites (N-methyl/N-ethyl adjacent to an activating group) is 1. The molecule has 7 nitrogen and oxygen atoms in total. The number of hydrogen-bond acceptors (Lipinski definition) is 5. The standard InChI is InChI=1S/C19H16F3N5O2S/c1-10-7-11(19(20,21)22)8-16(24-10)27-13(9-23-18(27)29)17(28)26(2)15-4-3-14-12(25-15)5-6-30-14/h3-8,13H,9H2,1-2H3,(H,23,29)/t13-/m0/s1. The van der Waals surface area contributed by atoms with Crippen LogP contribution >= 0.6 is 11.3 Å². The van der Waals surface area contributed by atoms with Gasteiger partial charge in [-0.25, -0.2) is 14.8 Å². The van der Waals surface area contributed by atoms with Crippen LogP contribution in [0.5, 0.6) is 0 Å². The van der Waals surface area contributed by atoms with E-state index >= 15 is 0 Å². The van der Waals surface area contributed by atoms with Crippen LogP contribution in [0.2, 0.25) is 0 Å². The van der Waals surface area contributed by atoms with E-state index < -0.39 is 29.7 Å². The molecule has 1 atom stereocenters. The monoisotopic (exact) mass is 435 g/mol. The topological polar surface area (TPSA) is 78.4 Å². The number of urea groups is 1. The van der Waals surface area contributed by atoms with Crippen LogP contribution in [0.4, 0.5) is 29.6 Å². The minimum Gasteiger partial charge on any atom is -0.335 e. The van der Waals surface area contributed by atoms with Crippen LogP contribution in [0.25, 0.3) is 10.2 Å². The Balaban J connectivity index is 1.67. The van der Waals surface area contributed by atoms with Gasteiger partial charge >= 0.3 is 12.2 Å². The number of pyridine rings is 2. The highest BCUT2D eigenvalue weighted by Gasteiger charge is 2.41. The number of alkyl halides is 3. The van der Waals surface area contributed by atoms with Crippen molar-refractivity contribution in [1.82, 2.24) is 15.3 Å². The lowest BCUT2D eigenvalue weighted by Crippen LogP contribution is -2.47. The quantitative estimate of drug-likeness (QED) is 0.682. The summed E-state index contributed by atoms with van der Waals surface area (Å²) in [6, 6.07) is 5.25. The van der Waals surface area contributed by atoms with Crippen molar-refractivity contribution in [3.8, 4) is 0 Å². The number of nitrogens with one attached hydrogen (secondary N) is 1. The SMILES string of the molecule is Cc1cc(C(F)(F)F)cc(N2C(=O)NC[C@H]2C(=O)N(C)c2ccc3sccc3n2)n1. The Bertz CT molecular complexity index is 1150. The summed E-state index contributed by atoms with van der Waals surface area (Å²) >= 11 is 1.52. The predicted octanol–water partition coefficient (Wildman–Crippen LogP) is 3.58. The second-order valence-corrected chi connectivity index (χ2v) is 7.74. The van der Waals surface area contributed by atoms with Crippen LogP contribution in [0.15, 0.2) is 35.7 Å². The van der Waals surface area contributed by atoms with Crippen molar-refractivity contribution < 1.29 is 22.8 Å². The molecule has 1 N–H and O–H groups in total. The maximum Gasteiger partial charge on any atom is 0.416 e. The number of aryl methyl sites for hydroxylation is 1. The molecule has 1 fully saturated rings. The second-order valence-electron chi connectivity index (χ2n) is 6.80. The second kappa shape index (κ2) is 7.24. The zero-order valence-corrected chi connectivity index (χ0v) is 16.7. The Hall–Kier alpha value is -3.21. The largest absolute Gasteiger partial charge is 0.416 e. The molecule has 1 saturated heterocycles. The van der Waals surface area contributed by atoms with Gasteiger partial charge in [0.15, 0.2) is 0 Å². The number of hydrogen-bond donors (Lipinski definition) is 1. The van der Waals surface area contributed by atoms with Crippen molar-refractivity contribution in [3.05, 3.63) is 47.0 Å². The van der Waals surface area contributed by atoms with Crippen molar-refractivity contribution >= 4 is 45.1 Å². The third kappa shape index (κ3) is 3.56. The fourth-order valence-electron chi connectivity index (χ4n) is 3.27. The van der Waals surface area contributed by atoms with Gasteiger partial charge in [0.2, 0.25) is 0 Å². The highest BCUT2D eigenvalue weighted by Crippen LogP contribution is 2.33. The number of thiophene rings is 1. The molecule has 0 aromatic carbocycles. The first-order valence-corrected chi connectivity index (χ1v) is 9.78. The van der Waals surface area contributed by atoms with E-state index in [2.05, 4.69) is 15.3 Å². The van der Waals surface area contributed by atoms with Gasteiger partial charge in [-0.1, -0.05) is 0 Å². The van der Waals surface area contributed by atoms with Gasteiger partial charge in [-0.15, -0.1) is 11.3 Å². The van der Waals surface area contributed by atoms with E-state index in [1.165, 1.54) is 30.2 Å². The lowest BCUT2D eigenvalue weighted by atomic mass is 10.2. The zero-order chi connectivity index (χ0) is 21.6. The molecule has 3 aromatic heterocycles. The Morgan fingerprint density at radius 3 is 2.77 bits per heavy atom. The molecule has 1 aliphatic heterocycles. The van der Waals surface area contributed by atoms with Crippen LogP contribution < -0.4 is 15.1 Å². The van der Waals surface area contributed by atoms with Crippen LogP contribution in [-0.2, 0) is 11.0 Å². The molecule has 4 heterocycles. The van der Waals surface area contributed by atoms with Gasteiger partial charge in [-0.3, -0.25) is 14.6 Å². The number of carbonyl (C=O) groups excluding carboxylic acids is 2. The van der Waals surface area contributed by atoms with E-state index in [0.717, 1.165) is 27.2 Å². The molecular formula is C19H16F3N5O2S. The van der Waals surface area contributed by atoms with E-state index in [0.29, 0.717) is 5.82 Å². The highest BCUT2D eigenvalue weighted by molar-refractivity contribution is 7.17. The van der Waals surface area contributed by atoms with Crippen molar-refractivity contribution in [2.75, 3.05) is 23.4 Å². The Kier molecular flexibility index (Phi) is 4.85. The molecule has 3 aromatic rings. The first-order valence-electron chi connectivity index (χ1n) is 8.90. The summed E-state index contributed by atoms with van der Waals surface area (Å²) in [5.74, 6) is -0.351. The molecule has 0 bridgehead atoms. The van der Waals surface area contributed by atoms with Gasteiger partial charge in [0.05, 0.1) is 15.8 Å². The summed E-state index contributed by atoms with van der Waals surface area (Å²) < 4.78 is 40.6. The number of fused-ring (bicyclic) bond motifs is 1. The maximum atomic E-state index is 13.2. The molecule has 3 amide bonds. The van der Waals surface area contributed by atoms with Crippen molar-refractivity contribution in [3.63, 3.8) is 0 Å². The van der Waals surface area contributed by atoms with E-state index in [9.17, 15) is 22.8 Å². The summed E-state index contributed by atoms with van der Waals surface area (Å²) in [6.07, 6.45) is -4.60. The highest BCUT2D eigenvalue weighted by atomic mass is 32.1. The molecule has 0 spiro atoms. The molecule has 30 heavy (non-hydrogen) atoms. The number of aromatic nitrogens is 2. The fraction of sp³-hybridized carbons (Fsp3) is 0.263. The number of nitrogens with zero attached hydrogens (tertiary/aromatic N) is 4. The van der Waals surface area contributed by atoms with Gasteiger partial charge in [-0.2, -0.15) is 13.2 Å². The molecule has 11 heteroatoms. The molecule has 4 rings (SSSR count). The fourth-order valence-corrected chi connectivity index (χ4v) is 3.99. The number of anilines is 2. The molecule has 0 saturated carbocycles. The molecular weight excluding hydrogens is 419 g/mol. The van der Waals surface area contributed by atoms with E-state index in [-0.39, 0.29) is 18.1 Å². The lowest BCUT2D eigenvalue weighted by Gasteiger charge is -2.26. The van der Waals surface area contributed by atoms with Crippen LogP contribution in [0.1, 0.15) is 11.3 Å². The summed E-state index contributed by atoms with van der Waals surface area (Å²) in [5, 5.41) is 4.39. The van der Waals surface area contributed by atoms with Gasteiger partial charge in [0.25, 0.3) is 5.91 Å². The number of amides is 3. The van der Waals surface area contributed by atoms with E-state index in [4.69, 9.17) is 0 Å². The van der Waals surface area contributed by atoms with Crippen molar-refractivity contribution in [1.29, 1.82) is 0 Å². The average molecular weight is 435 g/mol. The Morgan fingerprint density at radius 2 is 2.03 bits per heavy atom. The first-order chi connectivity index (χ1) is 14.1. The van der Waals surface area contributed by atoms with Gasteiger partial charge in [0.1, 0.15) is 17.7 Å². The normalized spacial score (nSPS) is 16.8. The summed E-state index contributed by atoms with van der Waals surface area (Å²) in [7, 11) is 1.51. The minimum absolute atomic E-state index is 0.0559. The lowest BCUT2D eigenvalue weighted by molar-refractivity contribution is -0.137. The third-order valence-electron chi connectivity index (χ3n) is 4.74. The molecule has 0 unspecified atom stereocenters. The van der Waals surface area contributed by atoms with Crippen molar-refractivity contribution in [2.45, 2.75) is 19.1 Å². The molecule has 1 aliphatic rings. The first kappa shape index (κ1) is 20.1. The number of rotatable bonds is 3. The summed E-state index contributed by atoms with van der Waals surface area (Å²) in [4.78, 5) is 36.2. The van der Waals surface area contributed by atoms with E-state index in [1.807, 2.05) is 17.5 Å². The molecule has 0 aliphatic carbocycles. The summed E-state index contributed by atoms with van der Waals surface area (Å²) in [6.45, 7) is 1.34. The number of carbonyl (C=O) groups is 2. The van der Waals surface area contributed by atoms with Crippen molar-refractivity contribution in [2.24, 2.45) is 0 Å². The number of halogens is 3. The average Bonchev–Trinajstić information content (AvgIpc) is 3.31. The van der Waals surface area contributed by atoms with Gasteiger partial charge < -0.3 is 5.32 Å². The van der Waals surface area contributed by atoms with Crippen LogP contribution in [0.3, 0.4) is 0 Å². The van der Waals surface area contributed by atoms with Crippen LogP contribution in [0, 0.1) is 6.92 Å². The Labute approximate surface area is 173 Å². The van der Waals surface area contributed by atoms with E-state index in [1.54, 1.807) is 6.07 Å².